The predicted octanol–water partition coefficient (Wildman–Crippen LogP) is 1.61. The summed E-state index contributed by atoms with van der Waals surface area (Å²) in [6.45, 7) is 9.74. The van der Waals surface area contributed by atoms with Gasteiger partial charge in [0.2, 0.25) is 0 Å². The highest BCUT2D eigenvalue weighted by Gasteiger charge is 2.20. The summed E-state index contributed by atoms with van der Waals surface area (Å²) in [5.74, 6) is 1.06. The van der Waals surface area contributed by atoms with E-state index >= 15 is 0 Å². The quantitative estimate of drug-likeness (QED) is 0.845. The van der Waals surface area contributed by atoms with Crippen molar-refractivity contribution in [3.8, 4) is 0 Å². The van der Waals surface area contributed by atoms with Crippen molar-refractivity contribution in [1.29, 1.82) is 0 Å². The van der Waals surface area contributed by atoms with Crippen LogP contribution in [-0.2, 0) is 17.8 Å². The fourth-order valence-electron chi connectivity index (χ4n) is 2.12. The Bertz CT molecular complexity index is 338. The van der Waals surface area contributed by atoms with Gasteiger partial charge in [0, 0.05) is 24.7 Å². The number of nitrogens with zero attached hydrogens (tertiary/aromatic N) is 1. The Labute approximate surface area is 103 Å². The molecule has 0 aliphatic carbocycles. The fourth-order valence-corrected chi connectivity index (χ4v) is 2.12. The maximum absolute atomic E-state index is 5.52. The van der Waals surface area contributed by atoms with Gasteiger partial charge in [0.1, 0.15) is 5.76 Å². The molecular formula is C13H22N2O2. The van der Waals surface area contributed by atoms with Crippen LogP contribution >= 0.6 is 0 Å². The summed E-state index contributed by atoms with van der Waals surface area (Å²) in [4.78, 5) is 2.45. The maximum atomic E-state index is 5.52. The van der Waals surface area contributed by atoms with E-state index in [1.165, 1.54) is 5.56 Å². The van der Waals surface area contributed by atoms with Crippen LogP contribution in [0.25, 0.3) is 0 Å². The van der Waals surface area contributed by atoms with Crippen molar-refractivity contribution < 1.29 is 9.15 Å². The molecule has 1 fully saturated rings. The molecule has 1 aliphatic heterocycles. The molecule has 0 radical (unpaired) electrons. The molecule has 1 N–H and O–H groups in total. The van der Waals surface area contributed by atoms with E-state index in [0.29, 0.717) is 6.04 Å². The van der Waals surface area contributed by atoms with Crippen LogP contribution in [0.2, 0.25) is 0 Å². The smallest absolute Gasteiger partial charge is 0.122 e. The van der Waals surface area contributed by atoms with E-state index < -0.39 is 0 Å². The summed E-state index contributed by atoms with van der Waals surface area (Å²) >= 11 is 0. The van der Waals surface area contributed by atoms with Gasteiger partial charge in [-0.1, -0.05) is 6.92 Å². The van der Waals surface area contributed by atoms with E-state index in [9.17, 15) is 0 Å². The molecule has 2 heterocycles. The highest BCUT2D eigenvalue weighted by molar-refractivity contribution is 5.17. The Hall–Kier alpha value is -0.840. The monoisotopic (exact) mass is 238 g/mol. The number of nitrogens with one attached hydrogen (secondary N) is 1. The summed E-state index contributed by atoms with van der Waals surface area (Å²) < 4.78 is 11.0. The van der Waals surface area contributed by atoms with Crippen LogP contribution in [0.3, 0.4) is 0 Å². The number of hydrogen-bond acceptors (Lipinski definition) is 4. The van der Waals surface area contributed by atoms with Gasteiger partial charge in [0.15, 0.2) is 0 Å². The van der Waals surface area contributed by atoms with Gasteiger partial charge in [-0.2, -0.15) is 0 Å². The molecule has 0 spiro atoms. The molecule has 0 aromatic carbocycles. The van der Waals surface area contributed by atoms with Crippen molar-refractivity contribution in [2.24, 2.45) is 0 Å². The molecule has 1 aromatic rings. The average molecular weight is 238 g/mol. The topological polar surface area (TPSA) is 37.6 Å². The first kappa shape index (κ1) is 12.6. The SMILES string of the molecule is CCNCc1occc1CN1CCOCC1C. The molecule has 96 valence electrons. The van der Waals surface area contributed by atoms with Crippen molar-refractivity contribution in [2.75, 3.05) is 26.3 Å². The number of rotatable bonds is 5. The largest absolute Gasteiger partial charge is 0.468 e. The number of ether oxygens (including phenoxy) is 1. The van der Waals surface area contributed by atoms with Crippen LogP contribution in [0.15, 0.2) is 16.7 Å². The molecule has 1 aliphatic rings. The molecule has 1 saturated heterocycles. The molecule has 1 atom stereocenters. The molecule has 0 amide bonds. The molecule has 4 heteroatoms. The highest BCUT2D eigenvalue weighted by Crippen LogP contribution is 2.16. The van der Waals surface area contributed by atoms with Crippen LogP contribution in [0.5, 0.6) is 0 Å². The summed E-state index contributed by atoms with van der Waals surface area (Å²) in [6.07, 6.45) is 1.78. The zero-order chi connectivity index (χ0) is 12.1. The first-order chi connectivity index (χ1) is 8.31. The average Bonchev–Trinajstić information content (AvgIpc) is 2.77. The van der Waals surface area contributed by atoms with E-state index in [1.807, 2.05) is 0 Å². The van der Waals surface area contributed by atoms with Gasteiger partial charge >= 0.3 is 0 Å². The van der Waals surface area contributed by atoms with Crippen molar-refractivity contribution >= 4 is 0 Å². The lowest BCUT2D eigenvalue weighted by Crippen LogP contribution is -2.43. The van der Waals surface area contributed by atoms with Crippen LogP contribution in [-0.4, -0.2) is 37.2 Å². The third-order valence-corrected chi connectivity index (χ3v) is 3.25. The molecule has 0 saturated carbocycles. The Morgan fingerprint density at radius 2 is 2.41 bits per heavy atom. The number of morpholine rings is 1. The lowest BCUT2D eigenvalue weighted by atomic mass is 10.2. The standard InChI is InChI=1S/C13H22N2O2/c1-3-14-8-13-12(4-6-17-13)9-15-5-7-16-10-11(15)2/h4,6,11,14H,3,5,7-10H2,1-2H3. The normalized spacial score (nSPS) is 21.9. The Balaban J connectivity index is 1.95. The van der Waals surface area contributed by atoms with Crippen LogP contribution < -0.4 is 5.32 Å². The van der Waals surface area contributed by atoms with Gasteiger partial charge in [-0.25, -0.2) is 0 Å². The minimum Gasteiger partial charge on any atom is -0.468 e. The van der Waals surface area contributed by atoms with E-state index in [0.717, 1.165) is 45.2 Å². The first-order valence-electron chi connectivity index (χ1n) is 6.39. The Kier molecular flexibility index (Phi) is 4.59. The van der Waals surface area contributed by atoms with Crippen LogP contribution in [0.4, 0.5) is 0 Å². The van der Waals surface area contributed by atoms with E-state index in [-0.39, 0.29) is 0 Å². The summed E-state index contributed by atoms with van der Waals surface area (Å²) in [5.41, 5.74) is 1.29. The van der Waals surface area contributed by atoms with Crippen molar-refractivity contribution in [1.82, 2.24) is 10.2 Å². The van der Waals surface area contributed by atoms with Gasteiger partial charge in [-0.15, -0.1) is 0 Å². The third-order valence-electron chi connectivity index (χ3n) is 3.25. The zero-order valence-corrected chi connectivity index (χ0v) is 10.7. The lowest BCUT2D eigenvalue weighted by molar-refractivity contribution is -0.00459. The molecule has 17 heavy (non-hydrogen) atoms. The highest BCUT2D eigenvalue weighted by atomic mass is 16.5. The number of furan rings is 1. The number of hydrogen-bond donors (Lipinski definition) is 1. The van der Waals surface area contributed by atoms with Gasteiger partial charge in [0.25, 0.3) is 0 Å². The Morgan fingerprint density at radius 3 is 3.18 bits per heavy atom. The minimum absolute atomic E-state index is 0.491. The van der Waals surface area contributed by atoms with Crippen molar-refractivity contribution in [3.05, 3.63) is 23.7 Å². The van der Waals surface area contributed by atoms with E-state index in [2.05, 4.69) is 30.1 Å². The molecule has 2 rings (SSSR count). The van der Waals surface area contributed by atoms with Crippen molar-refractivity contribution in [3.63, 3.8) is 0 Å². The lowest BCUT2D eigenvalue weighted by Gasteiger charge is -2.33. The van der Waals surface area contributed by atoms with Gasteiger partial charge < -0.3 is 14.5 Å². The van der Waals surface area contributed by atoms with Crippen molar-refractivity contribution in [2.45, 2.75) is 33.0 Å². The minimum atomic E-state index is 0.491. The van der Waals surface area contributed by atoms with Gasteiger partial charge in [-0.05, 0) is 19.5 Å². The summed E-state index contributed by atoms with van der Waals surface area (Å²) in [6, 6.07) is 2.57. The van der Waals surface area contributed by atoms with Gasteiger partial charge in [0.05, 0.1) is 26.0 Å². The van der Waals surface area contributed by atoms with E-state index in [4.69, 9.17) is 9.15 Å². The van der Waals surface area contributed by atoms with E-state index in [1.54, 1.807) is 6.26 Å². The molecular weight excluding hydrogens is 216 g/mol. The third kappa shape index (κ3) is 3.31. The van der Waals surface area contributed by atoms with Gasteiger partial charge in [-0.3, -0.25) is 4.90 Å². The summed E-state index contributed by atoms with van der Waals surface area (Å²) in [7, 11) is 0. The molecule has 1 unspecified atom stereocenters. The fraction of sp³-hybridized carbons (Fsp3) is 0.692. The van der Waals surface area contributed by atoms with Crippen LogP contribution in [0.1, 0.15) is 25.2 Å². The zero-order valence-electron chi connectivity index (χ0n) is 10.7. The summed E-state index contributed by atoms with van der Waals surface area (Å²) in [5, 5.41) is 3.30. The Morgan fingerprint density at radius 1 is 1.53 bits per heavy atom. The molecule has 0 bridgehead atoms. The molecule has 1 aromatic heterocycles. The second-order valence-electron chi connectivity index (χ2n) is 4.54. The first-order valence-corrected chi connectivity index (χ1v) is 6.39. The predicted molar refractivity (Wildman–Crippen MR) is 66.8 cm³/mol. The van der Waals surface area contributed by atoms with Crippen LogP contribution in [0, 0.1) is 0 Å². The second-order valence-corrected chi connectivity index (χ2v) is 4.54. The molecule has 4 nitrogen and oxygen atoms in total. The second kappa shape index (κ2) is 6.19. The maximum Gasteiger partial charge on any atom is 0.122 e.